The fraction of sp³-hybridized carbons (Fsp3) is 0.346. The summed E-state index contributed by atoms with van der Waals surface area (Å²) in [5.41, 5.74) is 1.89. The maximum Gasteiger partial charge on any atom is 0.318 e. The quantitative estimate of drug-likeness (QED) is 0.533. The molecule has 0 spiro atoms. The van der Waals surface area contributed by atoms with Gasteiger partial charge in [0.15, 0.2) is 0 Å². The number of esters is 2. The van der Waals surface area contributed by atoms with Gasteiger partial charge >= 0.3 is 11.9 Å². The largest absolute Gasteiger partial charge is 0.460 e. The van der Waals surface area contributed by atoms with Crippen LogP contribution in [0, 0.1) is 0 Å². The number of aliphatic hydroxyl groups is 1. The zero-order chi connectivity index (χ0) is 24.3. The van der Waals surface area contributed by atoms with Crippen LogP contribution in [0.3, 0.4) is 0 Å². The Labute approximate surface area is 195 Å². The van der Waals surface area contributed by atoms with Crippen LogP contribution in [0.1, 0.15) is 43.7 Å². The summed E-state index contributed by atoms with van der Waals surface area (Å²) >= 11 is 0. The number of ketones is 1. The lowest BCUT2D eigenvalue weighted by Gasteiger charge is -2.12. The number of carbonyl (C=O) groups is 3. The average Bonchev–Trinajstić information content (AvgIpc) is 3.39. The molecule has 0 amide bonds. The Morgan fingerprint density at radius 2 is 1.48 bits per heavy atom. The summed E-state index contributed by atoms with van der Waals surface area (Å²) in [4.78, 5) is 31.4. The van der Waals surface area contributed by atoms with Crippen molar-refractivity contribution in [3.05, 3.63) is 84.1 Å². The second-order valence-electron chi connectivity index (χ2n) is 7.18. The van der Waals surface area contributed by atoms with Gasteiger partial charge in [0, 0.05) is 13.2 Å². The molecule has 33 heavy (non-hydrogen) atoms. The molecule has 2 saturated heterocycles. The van der Waals surface area contributed by atoms with Crippen molar-refractivity contribution in [1.82, 2.24) is 0 Å². The number of aliphatic hydroxyl groups excluding tert-OH is 1. The van der Waals surface area contributed by atoms with E-state index in [2.05, 4.69) is 11.3 Å². The minimum absolute atomic E-state index is 0.140. The van der Waals surface area contributed by atoms with Gasteiger partial charge in [0.05, 0.1) is 6.61 Å². The Bertz CT molecular complexity index is 814. The normalized spacial score (nSPS) is 13.4. The van der Waals surface area contributed by atoms with Crippen molar-refractivity contribution in [2.45, 2.75) is 45.8 Å². The molecule has 2 heterocycles. The van der Waals surface area contributed by atoms with Crippen LogP contribution in [-0.4, -0.2) is 36.0 Å². The maximum atomic E-state index is 11.0. The van der Waals surface area contributed by atoms with Gasteiger partial charge in [-0.15, -0.1) is 0 Å². The first-order valence-electron chi connectivity index (χ1n) is 10.7. The molecule has 0 bridgehead atoms. The fourth-order valence-corrected chi connectivity index (χ4v) is 2.40. The number of Topliss-reactive ketones (excluding diaryl/α,β-unsaturated/α-hetero) is 1. The van der Waals surface area contributed by atoms with Gasteiger partial charge in [0.25, 0.3) is 0 Å². The summed E-state index contributed by atoms with van der Waals surface area (Å²) in [7, 11) is 0. The number of cyclic esters (lactones) is 1. The molecule has 2 fully saturated rings. The van der Waals surface area contributed by atoms with Crippen molar-refractivity contribution in [3.63, 3.8) is 0 Å². The van der Waals surface area contributed by atoms with Crippen molar-refractivity contribution in [3.8, 4) is 0 Å². The molecule has 1 N–H and O–H groups in total. The van der Waals surface area contributed by atoms with E-state index in [1.165, 1.54) is 19.8 Å². The summed E-state index contributed by atoms with van der Waals surface area (Å²) in [6.07, 6.45) is 2.83. The van der Waals surface area contributed by atoms with Crippen LogP contribution >= 0.6 is 0 Å². The molecule has 7 heteroatoms. The number of ether oxygens (including phenoxy) is 3. The van der Waals surface area contributed by atoms with Gasteiger partial charge in [0.2, 0.25) is 0 Å². The average molecular weight is 457 g/mol. The zero-order valence-electron chi connectivity index (χ0n) is 19.0. The molecule has 0 aliphatic carbocycles. The van der Waals surface area contributed by atoms with E-state index >= 15 is 0 Å². The number of rotatable bonds is 5. The molecule has 7 nitrogen and oxygen atoms in total. The second-order valence-corrected chi connectivity index (χ2v) is 7.18. The molecule has 2 aromatic rings. The summed E-state index contributed by atoms with van der Waals surface area (Å²) in [6, 6.07) is 18.9. The molecule has 2 aliphatic heterocycles. The van der Waals surface area contributed by atoms with Crippen LogP contribution in [-0.2, 0) is 41.8 Å². The van der Waals surface area contributed by atoms with Crippen LogP contribution < -0.4 is 0 Å². The number of hydrogen-bond acceptors (Lipinski definition) is 7. The maximum absolute atomic E-state index is 11.0. The van der Waals surface area contributed by atoms with Crippen LogP contribution in [0.25, 0.3) is 0 Å². The Morgan fingerprint density at radius 1 is 0.970 bits per heavy atom. The Morgan fingerprint density at radius 3 is 1.79 bits per heavy atom. The Kier molecular flexibility index (Phi) is 14.5. The molecule has 2 aliphatic rings. The SMILES string of the molecule is C1CCOC1.C=C1CC(=O)O1.CC(=O)CC(=O)OCc1ccccc1.OCc1ccccc1. The smallest absolute Gasteiger partial charge is 0.318 e. The van der Waals surface area contributed by atoms with E-state index in [-0.39, 0.29) is 31.4 Å². The topological polar surface area (TPSA) is 99.1 Å². The lowest BCUT2D eigenvalue weighted by Crippen LogP contribution is -2.15. The highest BCUT2D eigenvalue weighted by Gasteiger charge is 2.17. The van der Waals surface area contributed by atoms with Gasteiger partial charge in [-0.05, 0) is 30.9 Å². The molecule has 4 rings (SSSR count). The Balaban J connectivity index is 0.000000241. The first-order chi connectivity index (χ1) is 15.9. The second kappa shape index (κ2) is 17.3. The molecule has 2 aromatic carbocycles. The number of benzene rings is 2. The lowest BCUT2D eigenvalue weighted by molar-refractivity contribution is -0.149. The van der Waals surface area contributed by atoms with Crippen LogP contribution in [0.4, 0.5) is 0 Å². The van der Waals surface area contributed by atoms with E-state index in [0.29, 0.717) is 12.2 Å². The van der Waals surface area contributed by atoms with Gasteiger partial charge < -0.3 is 19.3 Å². The van der Waals surface area contributed by atoms with Crippen molar-refractivity contribution in [2.24, 2.45) is 0 Å². The third-order valence-electron chi connectivity index (χ3n) is 4.09. The summed E-state index contributed by atoms with van der Waals surface area (Å²) < 4.78 is 14.1. The fourth-order valence-electron chi connectivity index (χ4n) is 2.40. The van der Waals surface area contributed by atoms with E-state index in [1.807, 2.05) is 60.7 Å². The third kappa shape index (κ3) is 15.2. The van der Waals surface area contributed by atoms with Crippen LogP contribution in [0.2, 0.25) is 0 Å². The van der Waals surface area contributed by atoms with E-state index in [9.17, 15) is 14.4 Å². The third-order valence-corrected chi connectivity index (χ3v) is 4.09. The van der Waals surface area contributed by atoms with Gasteiger partial charge in [-0.25, -0.2) is 0 Å². The Hall–Kier alpha value is -3.29. The van der Waals surface area contributed by atoms with Gasteiger partial charge in [-0.2, -0.15) is 0 Å². The van der Waals surface area contributed by atoms with Crippen molar-refractivity contribution in [1.29, 1.82) is 0 Å². The predicted molar refractivity (Wildman–Crippen MR) is 124 cm³/mol. The number of carbonyl (C=O) groups excluding carboxylic acids is 3. The minimum Gasteiger partial charge on any atom is -0.460 e. The first kappa shape index (κ1) is 27.7. The monoisotopic (exact) mass is 456 g/mol. The molecule has 0 atom stereocenters. The highest BCUT2D eigenvalue weighted by Crippen LogP contribution is 2.13. The molecular weight excluding hydrogens is 424 g/mol. The minimum atomic E-state index is -0.471. The molecule has 0 aromatic heterocycles. The predicted octanol–water partition coefficient (Wildman–Crippen LogP) is 4.13. The standard InChI is InChI=1S/C11H12O3.C7H8O.C4H4O2.C4H8O/c1-9(12)7-11(13)14-8-10-5-3-2-4-6-10;8-6-7-4-2-1-3-5-7;1-3-2-4(5)6-3;1-2-4-5-3-1/h2-6H,7-8H2,1H3;1-5,8H,6H2;1-2H2;1-4H2. The van der Waals surface area contributed by atoms with Gasteiger partial charge in [0.1, 0.15) is 31.0 Å². The van der Waals surface area contributed by atoms with Crippen molar-refractivity contribution >= 4 is 17.7 Å². The molecule has 178 valence electrons. The molecule has 0 saturated carbocycles. The number of hydrogen-bond donors (Lipinski definition) is 1. The van der Waals surface area contributed by atoms with Crippen molar-refractivity contribution in [2.75, 3.05) is 13.2 Å². The van der Waals surface area contributed by atoms with E-state index in [0.717, 1.165) is 24.3 Å². The van der Waals surface area contributed by atoms with E-state index in [4.69, 9.17) is 14.6 Å². The molecular formula is C26H32O7. The van der Waals surface area contributed by atoms with Crippen LogP contribution in [0.15, 0.2) is 73.0 Å². The van der Waals surface area contributed by atoms with Crippen molar-refractivity contribution < 1.29 is 33.7 Å². The van der Waals surface area contributed by atoms with E-state index in [1.54, 1.807) is 0 Å². The molecule has 0 unspecified atom stereocenters. The van der Waals surface area contributed by atoms with Gasteiger partial charge in [-0.1, -0.05) is 67.2 Å². The summed E-state index contributed by atoms with van der Waals surface area (Å²) in [5.74, 6) is -0.232. The van der Waals surface area contributed by atoms with Gasteiger partial charge in [-0.3, -0.25) is 14.4 Å². The first-order valence-corrected chi connectivity index (χ1v) is 10.7. The lowest BCUT2D eigenvalue weighted by atomic mass is 10.2. The zero-order valence-corrected chi connectivity index (χ0v) is 19.0. The summed E-state index contributed by atoms with van der Waals surface area (Å²) in [6.45, 7) is 7.10. The summed E-state index contributed by atoms with van der Waals surface area (Å²) in [5, 5.41) is 8.54. The van der Waals surface area contributed by atoms with Crippen LogP contribution in [0.5, 0.6) is 0 Å². The highest BCUT2D eigenvalue weighted by molar-refractivity contribution is 5.94. The highest BCUT2D eigenvalue weighted by atomic mass is 16.6. The van der Waals surface area contributed by atoms with E-state index < -0.39 is 5.97 Å². The molecule has 0 radical (unpaired) electrons.